The summed E-state index contributed by atoms with van der Waals surface area (Å²) in [6.07, 6.45) is 4.03. The zero-order chi connectivity index (χ0) is 9.84. The van der Waals surface area contributed by atoms with Crippen LogP contribution in [0.2, 0.25) is 0 Å². The molecule has 70 valence electrons. The lowest BCUT2D eigenvalue weighted by Crippen LogP contribution is -1.92. The highest BCUT2D eigenvalue weighted by Crippen LogP contribution is 2.24. The second kappa shape index (κ2) is 4.72. The van der Waals surface area contributed by atoms with Gasteiger partial charge >= 0.3 is 0 Å². The number of carbonyl (C=O) groups excluding carboxylic acids is 1. The van der Waals surface area contributed by atoms with Crippen molar-refractivity contribution in [2.45, 2.75) is 16.7 Å². The van der Waals surface area contributed by atoms with Crippen LogP contribution in [0.4, 0.5) is 0 Å². The highest BCUT2D eigenvalue weighted by molar-refractivity contribution is 7.99. The molecule has 0 atom stereocenters. The van der Waals surface area contributed by atoms with Crippen molar-refractivity contribution in [1.82, 2.24) is 0 Å². The molecule has 3 heteroatoms. The smallest absolute Gasteiger partial charge is 0.159 e. The Bertz CT molecular complexity index is 298. The van der Waals surface area contributed by atoms with E-state index in [1.165, 1.54) is 0 Å². The fourth-order valence-electron chi connectivity index (χ4n) is 1.01. The van der Waals surface area contributed by atoms with Crippen molar-refractivity contribution >= 4 is 29.3 Å². The largest absolute Gasteiger partial charge is 0.295 e. The molecule has 0 radical (unpaired) electrons. The first-order valence-electron chi connectivity index (χ1n) is 3.91. The van der Waals surface area contributed by atoms with Gasteiger partial charge < -0.3 is 0 Å². The molecule has 13 heavy (non-hydrogen) atoms. The average Bonchev–Trinajstić information content (AvgIpc) is 2.16. The molecular formula is C10H12OS2. The quantitative estimate of drug-likeness (QED) is 0.565. The third-order valence-electron chi connectivity index (χ3n) is 1.76. The van der Waals surface area contributed by atoms with Crippen LogP contribution in [0.15, 0.2) is 28.0 Å². The second-order valence-electron chi connectivity index (χ2n) is 2.66. The van der Waals surface area contributed by atoms with Gasteiger partial charge in [0.25, 0.3) is 0 Å². The molecular weight excluding hydrogens is 200 g/mol. The van der Waals surface area contributed by atoms with Crippen molar-refractivity contribution in [1.29, 1.82) is 0 Å². The van der Waals surface area contributed by atoms with Crippen LogP contribution in [-0.4, -0.2) is 18.3 Å². The minimum Gasteiger partial charge on any atom is -0.295 e. The molecule has 1 nitrogen and oxygen atoms in total. The first-order chi connectivity index (χ1) is 6.17. The standard InChI is InChI=1S/C10H12OS2/c1-7(11)8-4-9(12-2)6-10(5-8)13-3/h4-6H,1-3H3. The SMILES string of the molecule is CSc1cc(SC)cc(C(C)=O)c1. The van der Waals surface area contributed by atoms with E-state index in [1.807, 2.05) is 24.6 Å². The zero-order valence-corrected chi connectivity index (χ0v) is 9.59. The van der Waals surface area contributed by atoms with Gasteiger partial charge in [0, 0.05) is 15.4 Å². The molecule has 0 aliphatic carbocycles. The molecule has 0 aliphatic heterocycles. The van der Waals surface area contributed by atoms with E-state index in [0.29, 0.717) is 0 Å². The Labute approximate surface area is 87.3 Å². The van der Waals surface area contributed by atoms with E-state index in [4.69, 9.17) is 0 Å². The van der Waals surface area contributed by atoms with Gasteiger partial charge in [-0.25, -0.2) is 0 Å². The summed E-state index contributed by atoms with van der Waals surface area (Å²) in [5.41, 5.74) is 0.802. The monoisotopic (exact) mass is 212 g/mol. The van der Waals surface area contributed by atoms with Crippen molar-refractivity contribution in [2.75, 3.05) is 12.5 Å². The van der Waals surface area contributed by atoms with Crippen LogP contribution in [0.3, 0.4) is 0 Å². The fraction of sp³-hybridized carbons (Fsp3) is 0.300. The Morgan fingerprint density at radius 3 is 1.85 bits per heavy atom. The maximum Gasteiger partial charge on any atom is 0.159 e. The molecule has 0 fully saturated rings. The summed E-state index contributed by atoms with van der Waals surface area (Å²) >= 11 is 3.33. The molecule has 0 amide bonds. The van der Waals surface area contributed by atoms with Crippen molar-refractivity contribution in [3.63, 3.8) is 0 Å². The Morgan fingerprint density at radius 1 is 1.08 bits per heavy atom. The third-order valence-corrected chi connectivity index (χ3v) is 3.17. The average molecular weight is 212 g/mol. The second-order valence-corrected chi connectivity index (χ2v) is 4.42. The number of Topliss-reactive ketones (excluding diaryl/α,β-unsaturated/α-hetero) is 1. The van der Waals surface area contributed by atoms with Crippen molar-refractivity contribution in [2.24, 2.45) is 0 Å². The maximum atomic E-state index is 11.2. The van der Waals surface area contributed by atoms with E-state index >= 15 is 0 Å². The van der Waals surface area contributed by atoms with Crippen LogP contribution in [-0.2, 0) is 0 Å². The van der Waals surface area contributed by atoms with E-state index in [0.717, 1.165) is 15.4 Å². The third kappa shape index (κ3) is 2.78. The van der Waals surface area contributed by atoms with E-state index in [-0.39, 0.29) is 5.78 Å². The van der Waals surface area contributed by atoms with Crippen molar-refractivity contribution in [3.8, 4) is 0 Å². The van der Waals surface area contributed by atoms with Crippen LogP contribution < -0.4 is 0 Å². The highest BCUT2D eigenvalue weighted by Gasteiger charge is 2.03. The number of ketones is 1. The Hall–Kier alpha value is -0.410. The van der Waals surface area contributed by atoms with Gasteiger partial charge in [-0.15, -0.1) is 23.5 Å². The lowest BCUT2D eigenvalue weighted by Gasteiger charge is -2.03. The van der Waals surface area contributed by atoms with Gasteiger partial charge in [-0.2, -0.15) is 0 Å². The fourth-order valence-corrected chi connectivity index (χ4v) is 2.06. The van der Waals surface area contributed by atoms with E-state index < -0.39 is 0 Å². The van der Waals surface area contributed by atoms with Gasteiger partial charge in [0.2, 0.25) is 0 Å². The molecule has 0 spiro atoms. The number of hydrogen-bond acceptors (Lipinski definition) is 3. The number of carbonyl (C=O) groups is 1. The first-order valence-corrected chi connectivity index (χ1v) is 6.36. The summed E-state index contributed by atoms with van der Waals surface area (Å²) in [6, 6.07) is 5.97. The molecule has 0 aliphatic rings. The van der Waals surface area contributed by atoms with E-state index in [9.17, 15) is 4.79 Å². The summed E-state index contributed by atoms with van der Waals surface area (Å²) in [4.78, 5) is 13.5. The lowest BCUT2D eigenvalue weighted by atomic mass is 10.1. The molecule has 1 rings (SSSR count). The Balaban J connectivity index is 3.14. The molecule has 1 aromatic carbocycles. The molecule has 0 bridgehead atoms. The molecule has 0 aromatic heterocycles. The van der Waals surface area contributed by atoms with Crippen LogP contribution in [0.25, 0.3) is 0 Å². The number of hydrogen-bond donors (Lipinski definition) is 0. The Kier molecular flexibility index (Phi) is 3.88. The molecule has 0 N–H and O–H groups in total. The topological polar surface area (TPSA) is 17.1 Å². The van der Waals surface area contributed by atoms with Gasteiger partial charge in [0.05, 0.1) is 0 Å². The number of rotatable bonds is 3. The molecule has 0 unspecified atom stereocenters. The van der Waals surface area contributed by atoms with Crippen LogP contribution in [0, 0.1) is 0 Å². The van der Waals surface area contributed by atoms with Crippen molar-refractivity contribution < 1.29 is 4.79 Å². The Morgan fingerprint density at radius 2 is 1.54 bits per heavy atom. The summed E-state index contributed by atoms with van der Waals surface area (Å²) in [5.74, 6) is 0.131. The number of benzene rings is 1. The van der Waals surface area contributed by atoms with Crippen molar-refractivity contribution in [3.05, 3.63) is 23.8 Å². The molecule has 1 aromatic rings. The van der Waals surface area contributed by atoms with Crippen LogP contribution in [0.5, 0.6) is 0 Å². The zero-order valence-electron chi connectivity index (χ0n) is 7.96. The molecule has 0 saturated heterocycles. The minimum atomic E-state index is 0.131. The predicted octanol–water partition coefficient (Wildman–Crippen LogP) is 3.33. The summed E-state index contributed by atoms with van der Waals surface area (Å²) in [7, 11) is 0. The van der Waals surface area contributed by atoms with Crippen LogP contribution in [0.1, 0.15) is 17.3 Å². The maximum absolute atomic E-state index is 11.2. The summed E-state index contributed by atoms with van der Waals surface area (Å²) in [5, 5.41) is 0. The highest BCUT2D eigenvalue weighted by atomic mass is 32.2. The van der Waals surface area contributed by atoms with E-state index in [2.05, 4.69) is 6.07 Å². The number of thioether (sulfide) groups is 2. The minimum absolute atomic E-state index is 0.131. The van der Waals surface area contributed by atoms with Gasteiger partial charge in [0.15, 0.2) is 5.78 Å². The van der Waals surface area contributed by atoms with Crippen LogP contribution >= 0.6 is 23.5 Å². The summed E-state index contributed by atoms with van der Waals surface area (Å²) < 4.78 is 0. The van der Waals surface area contributed by atoms with Gasteiger partial charge in [-0.3, -0.25) is 4.79 Å². The normalized spacial score (nSPS) is 10.1. The first kappa shape index (κ1) is 10.7. The lowest BCUT2D eigenvalue weighted by molar-refractivity contribution is 0.101. The molecule has 0 heterocycles. The van der Waals surface area contributed by atoms with Gasteiger partial charge in [-0.1, -0.05) is 0 Å². The molecule has 0 saturated carbocycles. The predicted molar refractivity (Wildman–Crippen MR) is 60.0 cm³/mol. The summed E-state index contributed by atoms with van der Waals surface area (Å²) in [6.45, 7) is 1.60. The van der Waals surface area contributed by atoms with Gasteiger partial charge in [0.1, 0.15) is 0 Å². The van der Waals surface area contributed by atoms with Gasteiger partial charge in [-0.05, 0) is 37.6 Å². The van der Waals surface area contributed by atoms with E-state index in [1.54, 1.807) is 30.4 Å².